The summed E-state index contributed by atoms with van der Waals surface area (Å²) in [5.41, 5.74) is 8.44. The summed E-state index contributed by atoms with van der Waals surface area (Å²) in [5.74, 6) is 0.309. The first kappa shape index (κ1) is 12.9. The normalized spacial score (nSPS) is 11.3. The number of rotatable bonds is 2. The van der Waals surface area contributed by atoms with Crippen LogP contribution in [0.5, 0.6) is 0 Å². The van der Waals surface area contributed by atoms with Crippen molar-refractivity contribution in [3.05, 3.63) is 46.8 Å². The fourth-order valence-corrected chi connectivity index (χ4v) is 4.56. The highest BCUT2D eigenvalue weighted by molar-refractivity contribution is 7.28. The zero-order valence-corrected chi connectivity index (χ0v) is 13.1. The molecule has 1 aromatic carbocycles. The van der Waals surface area contributed by atoms with Crippen molar-refractivity contribution in [2.24, 2.45) is 0 Å². The molecule has 0 bridgehead atoms. The van der Waals surface area contributed by atoms with Gasteiger partial charge in [-0.15, -0.1) is 22.7 Å². The van der Waals surface area contributed by atoms with Crippen molar-refractivity contribution in [3.63, 3.8) is 0 Å². The van der Waals surface area contributed by atoms with Crippen LogP contribution in [0.3, 0.4) is 0 Å². The van der Waals surface area contributed by atoms with E-state index >= 15 is 0 Å². The molecule has 0 saturated heterocycles. The number of halogens is 1. The molecule has 0 unspecified atom stereocenters. The lowest BCUT2D eigenvalue weighted by atomic mass is 10.0. The Bertz CT molecular complexity index is 910. The average molecular weight is 333 g/mol. The predicted molar refractivity (Wildman–Crippen MR) is 90.1 cm³/mol. The van der Waals surface area contributed by atoms with E-state index in [0.29, 0.717) is 10.9 Å². The molecule has 0 aliphatic rings. The van der Waals surface area contributed by atoms with Gasteiger partial charge in [0.25, 0.3) is 0 Å². The Morgan fingerprint density at radius 2 is 2.05 bits per heavy atom. The molecule has 0 fully saturated rings. The van der Waals surface area contributed by atoms with E-state index in [2.05, 4.69) is 22.7 Å². The number of fused-ring (bicyclic) bond motifs is 1. The van der Waals surface area contributed by atoms with Gasteiger partial charge in [-0.25, -0.2) is 0 Å². The van der Waals surface area contributed by atoms with Crippen LogP contribution in [0, 0.1) is 0 Å². The van der Waals surface area contributed by atoms with Gasteiger partial charge in [0.15, 0.2) is 0 Å². The van der Waals surface area contributed by atoms with E-state index in [4.69, 9.17) is 21.9 Å². The Balaban J connectivity index is 1.92. The number of hydrogen-bond acceptors (Lipinski definition) is 5. The number of nitrogens with zero attached hydrogens (tertiary/aromatic N) is 1. The highest BCUT2D eigenvalue weighted by Gasteiger charge is 2.19. The first-order valence-electron chi connectivity index (χ1n) is 6.21. The highest BCUT2D eigenvalue weighted by atomic mass is 35.5. The second-order valence-corrected chi connectivity index (χ2v) is 7.01. The SMILES string of the molecule is Nc1onc(-c2cc3sccc3s2)c1-c1cccc(Cl)c1. The summed E-state index contributed by atoms with van der Waals surface area (Å²) in [6, 6.07) is 11.8. The Morgan fingerprint density at radius 1 is 1.14 bits per heavy atom. The van der Waals surface area contributed by atoms with E-state index in [1.807, 2.05) is 24.3 Å². The smallest absolute Gasteiger partial charge is 0.230 e. The van der Waals surface area contributed by atoms with E-state index in [9.17, 15) is 0 Å². The highest BCUT2D eigenvalue weighted by Crippen LogP contribution is 2.42. The van der Waals surface area contributed by atoms with E-state index in [0.717, 1.165) is 21.7 Å². The molecular weight excluding hydrogens is 324 g/mol. The van der Waals surface area contributed by atoms with Gasteiger partial charge in [0, 0.05) is 14.4 Å². The lowest BCUT2D eigenvalue weighted by molar-refractivity contribution is 0.439. The summed E-state index contributed by atoms with van der Waals surface area (Å²) in [7, 11) is 0. The molecule has 3 heterocycles. The van der Waals surface area contributed by atoms with Gasteiger partial charge < -0.3 is 10.3 Å². The van der Waals surface area contributed by atoms with Crippen LogP contribution in [-0.4, -0.2) is 5.16 Å². The minimum atomic E-state index is 0.309. The molecule has 0 aliphatic heterocycles. The number of nitrogens with two attached hydrogens (primary N) is 1. The quantitative estimate of drug-likeness (QED) is 0.525. The minimum absolute atomic E-state index is 0.309. The van der Waals surface area contributed by atoms with Gasteiger partial charge in [-0.05, 0) is 35.2 Å². The molecule has 0 amide bonds. The predicted octanol–water partition coefficient (Wildman–Crippen LogP) is 5.52. The number of hydrogen-bond donors (Lipinski definition) is 1. The summed E-state index contributed by atoms with van der Waals surface area (Å²) in [6.45, 7) is 0. The van der Waals surface area contributed by atoms with Gasteiger partial charge in [-0.1, -0.05) is 28.9 Å². The molecule has 4 rings (SSSR count). The summed E-state index contributed by atoms with van der Waals surface area (Å²) in [4.78, 5) is 1.05. The van der Waals surface area contributed by atoms with Crippen LogP contribution in [0.1, 0.15) is 0 Å². The molecule has 3 nitrogen and oxygen atoms in total. The largest absolute Gasteiger partial charge is 0.367 e. The second kappa shape index (κ2) is 4.87. The minimum Gasteiger partial charge on any atom is -0.367 e. The Kier molecular flexibility index (Phi) is 2.99. The van der Waals surface area contributed by atoms with Crippen molar-refractivity contribution in [2.45, 2.75) is 0 Å². The van der Waals surface area contributed by atoms with Crippen LogP contribution in [0.4, 0.5) is 5.88 Å². The zero-order valence-electron chi connectivity index (χ0n) is 10.7. The fraction of sp³-hybridized carbons (Fsp3) is 0. The number of thiophene rings is 2. The van der Waals surface area contributed by atoms with Gasteiger partial charge in [-0.2, -0.15) is 0 Å². The molecule has 0 saturated carbocycles. The molecule has 4 aromatic rings. The Morgan fingerprint density at radius 3 is 2.86 bits per heavy atom. The summed E-state index contributed by atoms with van der Waals surface area (Å²) >= 11 is 9.47. The maximum atomic E-state index is 6.07. The third-order valence-corrected chi connectivity index (χ3v) is 5.54. The van der Waals surface area contributed by atoms with Crippen molar-refractivity contribution in [1.82, 2.24) is 5.16 Å². The molecule has 21 heavy (non-hydrogen) atoms. The standard InChI is InChI=1S/C15H9ClN2OS2/c16-9-3-1-2-8(6-9)13-14(18-19-15(13)17)12-7-11-10(21-12)4-5-20-11/h1-7H,17H2. The lowest BCUT2D eigenvalue weighted by Crippen LogP contribution is -1.86. The number of benzene rings is 1. The van der Waals surface area contributed by atoms with E-state index in [-0.39, 0.29) is 0 Å². The lowest BCUT2D eigenvalue weighted by Gasteiger charge is -2.01. The third kappa shape index (κ3) is 2.14. The summed E-state index contributed by atoms with van der Waals surface area (Å²) in [5, 5.41) is 6.88. The monoisotopic (exact) mass is 332 g/mol. The maximum Gasteiger partial charge on any atom is 0.230 e. The molecule has 3 aromatic heterocycles. The van der Waals surface area contributed by atoms with Gasteiger partial charge in [0.2, 0.25) is 5.88 Å². The molecule has 0 atom stereocenters. The van der Waals surface area contributed by atoms with Gasteiger partial charge >= 0.3 is 0 Å². The Hall–Kier alpha value is -1.82. The summed E-state index contributed by atoms with van der Waals surface area (Å²) in [6.07, 6.45) is 0. The number of nitrogen functional groups attached to an aromatic ring is 1. The summed E-state index contributed by atoms with van der Waals surface area (Å²) < 4.78 is 7.70. The molecule has 6 heteroatoms. The van der Waals surface area contributed by atoms with Gasteiger partial charge in [0.1, 0.15) is 5.69 Å². The molecular formula is C15H9ClN2OS2. The van der Waals surface area contributed by atoms with Crippen LogP contribution in [-0.2, 0) is 0 Å². The number of aromatic nitrogens is 1. The first-order chi connectivity index (χ1) is 10.2. The van der Waals surface area contributed by atoms with Gasteiger partial charge in [0.05, 0.1) is 10.4 Å². The third-order valence-electron chi connectivity index (χ3n) is 3.20. The van der Waals surface area contributed by atoms with E-state index in [1.165, 1.54) is 9.40 Å². The van der Waals surface area contributed by atoms with Crippen molar-refractivity contribution in [2.75, 3.05) is 5.73 Å². The molecule has 104 valence electrons. The van der Waals surface area contributed by atoms with Crippen molar-refractivity contribution in [3.8, 4) is 21.7 Å². The van der Waals surface area contributed by atoms with E-state index < -0.39 is 0 Å². The second-order valence-electron chi connectivity index (χ2n) is 4.54. The molecule has 0 radical (unpaired) electrons. The average Bonchev–Trinajstić information content (AvgIpc) is 3.11. The van der Waals surface area contributed by atoms with Crippen LogP contribution in [0.15, 0.2) is 46.3 Å². The van der Waals surface area contributed by atoms with Crippen LogP contribution >= 0.6 is 34.3 Å². The van der Waals surface area contributed by atoms with E-state index in [1.54, 1.807) is 22.7 Å². The zero-order chi connectivity index (χ0) is 14.4. The van der Waals surface area contributed by atoms with Gasteiger partial charge in [-0.3, -0.25) is 0 Å². The van der Waals surface area contributed by atoms with Crippen molar-refractivity contribution < 1.29 is 4.52 Å². The Labute approximate surface area is 133 Å². The maximum absolute atomic E-state index is 6.07. The van der Waals surface area contributed by atoms with Crippen LogP contribution in [0.2, 0.25) is 5.02 Å². The van der Waals surface area contributed by atoms with Crippen LogP contribution < -0.4 is 5.73 Å². The molecule has 0 spiro atoms. The van der Waals surface area contributed by atoms with Crippen molar-refractivity contribution >= 4 is 49.6 Å². The molecule has 2 N–H and O–H groups in total. The van der Waals surface area contributed by atoms with Crippen molar-refractivity contribution in [1.29, 1.82) is 0 Å². The first-order valence-corrected chi connectivity index (χ1v) is 8.28. The molecule has 0 aliphatic carbocycles. The fourth-order valence-electron chi connectivity index (χ4n) is 2.28. The number of anilines is 1. The van der Waals surface area contributed by atoms with Crippen LogP contribution in [0.25, 0.3) is 31.1 Å². The topological polar surface area (TPSA) is 52.0 Å².